The largest absolute Gasteiger partial charge is 0.379 e. The highest BCUT2D eigenvalue weighted by atomic mass is 17.0. The van der Waals surface area contributed by atoms with Gasteiger partial charge in [-0.25, -0.2) is 0 Å². The summed E-state index contributed by atoms with van der Waals surface area (Å²) in [7, 11) is 0. The monoisotopic (exact) mass is 238 g/mol. The second kappa shape index (κ2) is 7.63. The number of nitrogens with zero attached hydrogens (tertiary/aromatic N) is 2. The zero-order chi connectivity index (χ0) is 12.6. The summed E-state index contributed by atoms with van der Waals surface area (Å²) in [6.07, 6.45) is -1.10. The van der Waals surface area contributed by atoms with Gasteiger partial charge in [0.1, 0.15) is 6.61 Å². The van der Waals surface area contributed by atoms with Gasteiger partial charge in [0, 0.05) is 6.61 Å². The SMILES string of the molecule is CC(C)COC[C@H](CO[N+](=O)[O-])O[N+](=O)[O-]. The average Bonchev–Trinajstić information content (AvgIpc) is 2.12. The van der Waals surface area contributed by atoms with Crippen molar-refractivity contribution in [2.24, 2.45) is 5.92 Å². The lowest BCUT2D eigenvalue weighted by Gasteiger charge is -2.14. The molecule has 0 heterocycles. The molecular weight excluding hydrogens is 224 g/mol. The van der Waals surface area contributed by atoms with Crippen LogP contribution in [0, 0.1) is 26.1 Å². The van der Waals surface area contributed by atoms with Crippen LogP contribution >= 0.6 is 0 Å². The maximum absolute atomic E-state index is 10.1. The lowest BCUT2D eigenvalue weighted by atomic mass is 10.2. The van der Waals surface area contributed by atoms with Gasteiger partial charge in [0.25, 0.3) is 10.2 Å². The molecule has 0 unspecified atom stereocenters. The van der Waals surface area contributed by atoms with Gasteiger partial charge in [0.2, 0.25) is 0 Å². The second-order valence-corrected chi connectivity index (χ2v) is 3.40. The Kier molecular flexibility index (Phi) is 6.84. The van der Waals surface area contributed by atoms with E-state index in [4.69, 9.17) is 4.74 Å². The molecule has 0 saturated heterocycles. The predicted molar refractivity (Wildman–Crippen MR) is 50.5 cm³/mol. The van der Waals surface area contributed by atoms with Crippen molar-refractivity contribution in [1.29, 1.82) is 0 Å². The normalized spacial score (nSPS) is 12.2. The standard InChI is InChI=1S/C7H14N2O7/c1-6(2)3-14-4-7(16-9(12)13)5-15-8(10)11/h6-7H,3-5H2,1-2H3/t7-/m1/s1. The molecule has 9 nitrogen and oxygen atoms in total. The summed E-state index contributed by atoms with van der Waals surface area (Å²) < 4.78 is 5.06. The van der Waals surface area contributed by atoms with Crippen molar-refractivity contribution in [2.45, 2.75) is 20.0 Å². The van der Waals surface area contributed by atoms with Gasteiger partial charge in [-0.3, -0.25) is 0 Å². The van der Waals surface area contributed by atoms with Gasteiger partial charge in [-0.05, 0) is 5.92 Å². The van der Waals surface area contributed by atoms with E-state index in [9.17, 15) is 20.2 Å². The van der Waals surface area contributed by atoms with Gasteiger partial charge in [-0.1, -0.05) is 13.8 Å². The lowest BCUT2D eigenvalue weighted by molar-refractivity contribution is -0.790. The summed E-state index contributed by atoms with van der Waals surface area (Å²) in [4.78, 5) is 28.1. The Morgan fingerprint density at radius 1 is 1.06 bits per heavy atom. The first-order valence-corrected chi connectivity index (χ1v) is 4.58. The number of hydrogen-bond acceptors (Lipinski definition) is 7. The van der Waals surface area contributed by atoms with E-state index in [2.05, 4.69) is 9.68 Å². The molecule has 0 aromatic rings. The number of hydrogen-bond donors (Lipinski definition) is 0. The summed E-state index contributed by atoms with van der Waals surface area (Å²) >= 11 is 0. The van der Waals surface area contributed by atoms with Crippen LogP contribution in [-0.2, 0) is 14.4 Å². The molecule has 0 aromatic carbocycles. The van der Waals surface area contributed by atoms with Crippen molar-refractivity contribution in [3.05, 3.63) is 20.2 Å². The molecule has 0 rings (SSSR count). The van der Waals surface area contributed by atoms with Gasteiger partial charge >= 0.3 is 0 Å². The molecular formula is C7H14N2O7. The molecule has 0 N–H and O–H groups in total. The Labute approximate surface area is 91.5 Å². The quantitative estimate of drug-likeness (QED) is 0.423. The minimum atomic E-state index is -1.10. The fourth-order valence-electron chi connectivity index (χ4n) is 0.810. The first kappa shape index (κ1) is 14.4. The van der Waals surface area contributed by atoms with Crippen molar-refractivity contribution in [2.75, 3.05) is 19.8 Å². The first-order valence-electron chi connectivity index (χ1n) is 4.58. The number of rotatable bonds is 9. The molecule has 0 bridgehead atoms. The van der Waals surface area contributed by atoms with Crippen LogP contribution in [0.1, 0.15) is 13.8 Å². The fraction of sp³-hybridized carbons (Fsp3) is 1.00. The van der Waals surface area contributed by atoms with Crippen LogP contribution in [0.15, 0.2) is 0 Å². The molecule has 0 fully saturated rings. The highest BCUT2D eigenvalue weighted by Crippen LogP contribution is 1.99. The van der Waals surface area contributed by atoms with Crippen LogP contribution in [0.4, 0.5) is 0 Å². The highest BCUT2D eigenvalue weighted by molar-refractivity contribution is 4.52. The molecule has 94 valence electrons. The van der Waals surface area contributed by atoms with E-state index < -0.39 is 22.9 Å². The molecule has 0 aromatic heterocycles. The van der Waals surface area contributed by atoms with Crippen LogP contribution in [0.25, 0.3) is 0 Å². The summed E-state index contributed by atoms with van der Waals surface area (Å²) in [6, 6.07) is 0. The van der Waals surface area contributed by atoms with Gasteiger partial charge in [-0.15, -0.1) is 20.2 Å². The van der Waals surface area contributed by atoms with Crippen molar-refractivity contribution in [3.63, 3.8) is 0 Å². The van der Waals surface area contributed by atoms with Crippen molar-refractivity contribution in [1.82, 2.24) is 0 Å². The van der Waals surface area contributed by atoms with Crippen LogP contribution in [-0.4, -0.2) is 36.1 Å². The fourth-order valence-corrected chi connectivity index (χ4v) is 0.810. The zero-order valence-electron chi connectivity index (χ0n) is 9.03. The second-order valence-electron chi connectivity index (χ2n) is 3.40. The number of ether oxygens (including phenoxy) is 1. The van der Waals surface area contributed by atoms with Gasteiger partial charge < -0.3 is 14.4 Å². The summed E-state index contributed by atoms with van der Waals surface area (Å²) in [6.45, 7) is 3.52. The molecule has 16 heavy (non-hydrogen) atoms. The third-order valence-corrected chi connectivity index (χ3v) is 1.36. The highest BCUT2D eigenvalue weighted by Gasteiger charge is 2.16. The van der Waals surface area contributed by atoms with Gasteiger partial charge in [0.15, 0.2) is 6.10 Å². The molecule has 0 saturated carbocycles. The van der Waals surface area contributed by atoms with E-state index in [-0.39, 0.29) is 12.5 Å². The Hall–Kier alpha value is -1.64. The Bertz CT molecular complexity index is 233. The zero-order valence-corrected chi connectivity index (χ0v) is 9.03. The van der Waals surface area contributed by atoms with Crippen molar-refractivity contribution in [3.8, 4) is 0 Å². The minimum Gasteiger partial charge on any atom is -0.379 e. The molecule has 0 aliphatic carbocycles. The van der Waals surface area contributed by atoms with Crippen molar-refractivity contribution >= 4 is 0 Å². The maximum atomic E-state index is 10.1. The summed E-state index contributed by atoms with van der Waals surface area (Å²) in [5.74, 6) is 0.257. The van der Waals surface area contributed by atoms with Crippen LogP contribution < -0.4 is 0 Å². The Balaban J connectivity index is 3.89. The summed E-state index contributed by atoms with van der Waals surface area (Å²) in [5, 5.41) is 17.9. The molecule has 1 atom stereocenters. The molecule has 0 radical (unpaired) electrons. The van der Waals surface area contributed by atoms with Crippen LogP contribution in [0.2, 0.25) is 0 Å². The first-order chi connectivity index (χ1) is 7.41. The molecule has 0 aliphatic rings. The van der Waals surface area contributed by atoms with E-state index in [1.165, 1.54) is 0 Å². The maximum Gasteiger partial charge on any atom is 0.294 e. The van der Waals surface area contributed by atoms with E-state index in [1.807, 2.05) is 13.8 Å². The van der Waals surface area contributed by atoms with Crippen LogP contribution in [0.3, 0.4) is 0 Å². The van der Waals surface area contributed by atoms with E-state index >= 15 is 0 Å². The topological polar surface area (TPSA) is 114 Å². The minimum absolute atomic E-state index is 0.132. The summed E-state index contributed by atoms with van der Waals surface area (Å²) in [5.41, 5.74) is 0. The lowest BCUT2D eigenvalue weighted by Crippen LogP contribution is -2.29. The molecule has 0 aliphatic heterocycles. The van der Waals surface area contributed by atoms with Crippen LogP contribution in [0.5, 0.6) is 0 Å². The van der Waals surface area contributed by atoms with Crippen molar-refractivity contribution < 1.29 is 24.6 Å². The Morgan fingerprint density at radius 2 is 1.69 bits per heavy atom. The predicted octanol–water partition coefficient (Wildman–Crippen LogP) is 0.444. The van der Waals surface area contributed by atoms with E-state index in [1.54, 1.807) is 0 Å². The van der Waals surface area contributed by atoms with Gasteiger partial charge in [0.05, 0.1) is 6.61 Å². The molecule has 0 amide bonds. The molecule has 9 heteroatoms. The Morgan fingerprint density at radius 3 is 2.12 bits per heavy atom. The smallest absolute Gasteiger partial charge is 0.294 e. The van der Waals surface area contributed by atoms with Gasteiger partial charge in [-0.2, -0.15) is 0 Å². The third kappa shape index (κ3) is 8.94. The van der Waals surface area contributed by atoms with E-state index in [0.29, 0.717) is 6.61 Å². The average molecular weight is 238 g/mol. The molecule has 0 spiro atoms. The third-order valence-electron chi connectivity index (χ3n) is 1.36. The van der Waals surface area contributed by atoms with E-state index in [0.717, 1.165) is 0 Å².